The molecule has 2 N–H and O–H groups in total. The summed E-state index contributed by atoms with van der Waals surface area (Å²) < 4.78 is 0. The van der Waals surface area contributed by atoms with E-state index in [-0.39, 0.29) is 65.1 Å². The molecule has 0 atom stereocenters. The van der Waals surface area contributed by atoms with Gasteiger partial charge in [-0.25, -0.2) is 4.98 Å². The van der Waals surface area contributed by atoms with E-state index in [0.29, 0.717) is 5.02 Å². The number of hydrogen-bond donors (Lipinski definition) is 2. The first-order valence-electron chi connectivity index (χ1n) is 7.77. The molecule has 0 saturated heterocycles. The van der Waals surface area contributed by atoms with Gasteiger partial charge in [0.25, 0.3) is 0 Å². The molecule has 0 radical (unpaired) electrons. The van der Waals surface area contributed by atoms with E-state index in [1.165, 1.54) is 0 Å². The van der Waals surface area contributed by atoms with E-state index >= 15 is 0 Å². The molecule has 0 unspecified atom stereocenters. The van der Waals surface area contributed by atoms with E-state index in [1.807, 2.05) is 48.5 Å². The summed E-state index contributed by atoms with van der Waals surface area (Å²) in [5, 5.41) is 10.3. The molecule has 0 amide bonds. The number of aromatic amines is 1. The molecule has 2 heterocycles. The largest absolute Gasteiger partial charge is 3.00 e. The second-order valence-electron chi connectivity index (χ2n) is 5.58. The van der Waals surface area contributed by atoms with Crippen LogP contribution in [0.15, 0.2) is 73.1 Å². The quantitative estimate of drug-likeness (QED) is 0.236. The average Bonchev–Trinajstić information content (AvgIpc) is 3.11. The summed E-state index contributed by atoms with van der Waals surface area (Å²) in [6.07, 6.45) is 3.48. The van der Waals surface area contributed by atoms with Crippen LogP contribution in [0, 0.1) is 0 Å². The molecule has 4 nitrogen and oxygen atoms in total. The van der Waals surface area contributed by atoms with Crippen LogP contribution in [0.1, 0.15) is 0 Å². The van der Waals surface area contributed by atoms with Crippen LogP contribution >= 0.6 is 11.6 Å². The maximum absolute atomic E-state index is 9.97. The van der Waals surface area contributed by atoms with Crippen LogP contribution in [0.4, 0.5) is 0 Å². The molecule has 0 aliphatic rings. The van der Waals surface area contributed by atoms with E-state index in [0.717, 1.165) is 33.9 Å². The Morgan fingerprint density at radius 1 is 0.793 bits per heavy atom. The first-order chi connectivity index (χ1) is 12.2. The summed E-state index contributed by atoms with van der Waals surface area (Å²) in [4.78, 5) is 12.2. The number of aromatic nitrogens is 3. The fourth-order valence-electron chi connectivity index (χ4n) is 2.70. The Bertz CT molecular complexity index is 1030. The van der Waals surface area contributed by atoms with Gasteiger partial charge < -0.3 is 61.0 Å². The van der Waals surface area contributed by atoms with E-state index < -0.39 is 0 Å². The normalized spacial score (nSPS) is 9.28. The fraction of sp³-hybridized carbons (Fsp3) is 0. The molecular formula is C20H14BBr3ClN3O. The Kier molecular flexibility index (Phi) is 11.5. The Hall–Kier alpha value is -1.61. The van der Waals surface area contributed by atoms with Crippen LogP contribution in [-0.4, -0.2) is 28.5 Å². The zero-order chi connectivity index (χ0) is 17.2. The number of nitrogens with zero attached hydrogens (tertiary/aromatic N) is 2. The molecule has 4 rings (SSSR count). The van der Waals surface area contributed by atoms with Crippen LogP contribution in [0.25, 0.3) is 33.9 Å². The van der Waals surface area contributed by atoms with Gasteiger partial charge in [0, 0.05) is 29.1 Å². The second-order valence-corrected chi connectivity index (χ2v) is 5.98. The van der Waals surface area contributed by atoms with Crippen molar-refractivity contribution in [3.8, 4) is 39.7 Å². The standard InChI is InChI=1S/C20H14ClN3O.B.3BrH/c21-16-7-6-15(12-17(16)25)19-18(13-8-10-22-11-9-13)23-20(24-19)14-4-2-1-3-5-14;;;;/h1-12,25H,(H,23,24);;3*1H/q;+3;;;/p-3. The topological polar surface area (TPSA) is 61.8 Å². The Balaban J connectivity index is 0.00000196. The minimum atomic E-state index is 0. The van der Waals surface area contributed by atoms with E-state index in [9.17, 15) is 5.11 Å². The number of hydrogen-bond acceptors (Lipinski definition) is 3. The summed E-state index contributed by atoms with van der Waals surface area (Å²) >= 11 is 5.94. The molecule has 0 saturated carbocycles. The summed E-state index contributed by atoms with van der Waals surface area (Å²) in [5.41, 5.74) is 4.35. The van der Waals surface area contributed by atoms with Crippen LogP contribution in [0.2, 0.25) is 5.02 Å². The minimum Gasteiger partial charge on any atom is -1.00 e. The first-order valence-corrected chi connectivity index (χ1v) is 8.15. The van der Waals surface area contributed by atoms with Gasteiger partial charge in [0.05, 0.1) is 16.4 Å². The smallest absolute Gasteiger partial charge is 1.00 e. The number of phenols is 1. The van der Waals surface area contributed by atoms with Crippen molar-refractivity contribution in [2.24, 2.45) is 0 Å². The van der Waals surface area contributed by atoms with Crippen molar-refractivity contribution in [1.82, 2.24) is 15.0 Å². The zero-order valence-corrected chi connectivity index (χ0v) is 20.4. The summed E-state index contributed by atoms with van der Waals surface area (Å²) in [6.45, 7) is 0. The van der Waals surface area contributed by atoms with Crippen molar-refractivity contribution in [3.63, 3.8) is 0 Å². The van der Waals surface area contributed by atoms with Crippen molar-refractivity contribution < 1.29 is 56.1 Å². The maximum atomic E-state index is 9.97. The summed E-state index contributed by atoms with van der Waals surface area (Å²) in [6, 6.07) is 18.9. The van der Waals surface area contributed by atoms with Gasteiger partial charge in [-0.05, 0) is 24.3 Å². The van der Waals surface area contributed by atoms with Gasteiger partial charge in [0.15, 0.2) is 0 Å². The summed E-state index contributed by atoms with van der Waals surface area (Å²) in [5.74, 6) is 0.793. The van der Waals surface area contributed by atoms with Crippen LogP contribution < -0.4 is 50.9 Å². The minimum absolute atomic E-state index is 0. The monoisotopic (exact) mass is 595 g/mol. The molecule has 0 fully saturated rings. The Labute approximate surface area is 207 Å². The molecule has 0 bridgehead atoms. The fourth-order valence-corrected chi connectivity index (χ4v) is 2.82. The van der Waals surface area contributed by atoms with Crippen LogP contribution in [-0.2, 0) is 0 Å². The first kappa shape index (κ1) is 27.4. The van der Waals surface area contributed by atoms with Gasteiger partial charge in [-0.3, -0.25) is 4.98 Å². The molecule has 4 aromatic rings. The van der Waals surface area contributed by atoms with Crippen molar-refractivity contribution in [2.45, 2.75) is 0 Å². The van der Waals surface area contributed by atoms with Crippen molar-refractivity contribution in [1.29, 1.82) is 0 Å². The number of rotatable bonds is 3. The van der Waals surface area contributed by atoms with Gasteiger partial charge in [0.1, 0.15) is 11.6 Å². The second kappa shape index (κ2) is 12.2. The predicted octanol–water partition coefficient (Wildman–Crippen LogP) is -4.20. The third-order valence-corrected chi connectivity index (χ3v) is 4.26. The molecule has 2 aromatic heterocycles. The van der Waals surface area contributed by atoms with Crippen molar-refractivity contribution in [3.05, 3.63) is 78.1 Å². The molecule has 2 aromatic carbocycles. The van der Waals surface area contributed by atoms with E-state index in [4.69, 9.17) is 16.6 Å². The molecule has 0 aliphatic heterocycles. The van der Waals surface area contributed by atoms with Gasteiger partial charge in [-0.1, -0.05) is 48.0 Å². The molecule has 29 heavy (non-hydrogen) atoms. The molecular weight excluding hydrogens is 584 g/mol. The third-order valence-electron chi connectivity index (χ3n) is 3.94. The van der Waals surface area contributed by atoms with Gasteiger partial charge in [-0.2, -0.15) is 0 Å². The summed E-state index contributed by atoms with van der Waals surface area (Å²) in [7, 11) is 0. The number of benzene rings is 2. The zero-order valence-electron chi connectivity index (χ0n) is 14.9. The van der Waals surface area contributed by atoms with Crippen LogP contribution in [0.5, 0.6) is 5.75 Å². The third kappa shape index (κ3) is 5.95. The van der Waals surface area contributed by atoms with Crippen LogP contribution in [0.3, 0.4) is 0 Å². The molecule has 9 heteroatoms. The predicted molar refractivity (Wildman–Crippen MR) is 105 cm³/mol. The molecule has 146 valence electrons. The number of H-pyrrole nitrogens is 1. The number of pyridine rings is 1. The maximum Gasteiger partial charge on any atom is 3.00 e. The van der Waals surface area contributed by atoms with Gasteiger partial charge >= 0.3 is 8.41 Å². The molecule has 0 spiro atoms. The van der Waals surface area contributed by atoms with E-state index in [2.05, 4.69) is 9.97 Å². The van der Waals surface area contributed by atoms with Gasteiger partial charge in [-0.15, -0.1) is 0 Å². The number of imidazole rings is 1. The Morgan fingerprint density at radius 2 is 1.45 bits per heavy atom. The number of aromatic hydroxyl groups is 1. The van der Waals surface area contributed by atoms with Crippen molar-refractivity contribution >= 4 is 20.0 Å². The van der Waals surface area contributed by atoms with E-state index in [1.54, 1.807) is 24.5 Å². The van der Waals surface area contributed by atoms with Gasteiger partial charge in [0.2, 0.25) is 0 Å². The Morgan fingerprint density at radius 3 is 2.07 bits per heavy atom. The number of nitrogens with one attached hydrogen (secondary N) is 1. The van der Waals surface area contributed by atoms with Crippen molar-refractivity contribution in [2.75, 3.05) is 0 Å². The molecule has 0 aliphatic carbocycles. The number of phenolic OH excluding ortho intramolecular Hbond substituents is 1. The number of halogens is 4. The SMILES string of the molecule is Oc1cc(-c2nc(-c3ccccc3)[nH]c2-c2ccncc2)ccc1Cl.[B+3].[Br-].[Br-].[Br-]. The average molecular weight is 598 g/mol.